The van der Waals surface area contributed by atoms with Gasteiger partial charge in [0.15, 0.2) is 0 Å². The Morgan fingerprint density at radius 3 is 1.88 bits per heavy atom. The van der Waals surface area contributed by atoms with Crippen LogP contribution in [0.3, 0.4) is 0 Å². The van der Waals surface area contributed by atoms with Gasteiger partial charge in [0, 0.05) is 3.57 Å². The van der Waals surface area contributed by atoms with Crippen molar-refractivity contribution in [2.75, 3.05) is 0 Å². The van der Waals surface area contributed by atoms with E-state index < -0.39 is 0 Å². The molecule has 0 saturated carbocycles. The number of hydrogen-bond donors (Lipinski definition) is 0. The topological polar surface area (TPSA) is 0 Å². The van der Waals surface area contributed by atoms with Gasteiger partial charge in [-0.3, -0.25) is 0 Å². The zero-order valence-electron chi connectivity index (χ0n) is 11.1. The van der Waals surface area contributed by atoms with Crippen molar-refractivity contribution >= 4 is 22.6 Å². The highest BCUT2D eigenvalue weighted by molar-refractivity contribution is 14.1. The van der Waals surface area contributed by atoms with E-state index in [1.54, 1.807) is 0 Å². The summed E-state index contributed by atoms with van der Waals surface area (Å²) in [5.41, 5.74) is 3.84. The van der Waals surface area contributed by atoms with Crippen molar-refractivity contribution in [3.63, 3.8) is 0 Å². The minimum atomic E-state index is 0.243. The molecular formula is C15H21I. The highest BCUT2D eigenvalue weighted by Crippen LogP contribution is 2.61. The van der Waals surface area contributed by atoms with Crippen LogP contribution >= 0.6 is 22.6 Å². The number of rotatable bonds is 0. The van der Waals surface area contributed by atoms with Crippen molar-refractivity contribution in [3.05, 3.63) is 32.9 Å². The highest BCUT2D eigenvalue weighted by atomic mass is 127. The third-order valence-electron chi connectivity index (χ3n) is 5.45. The molecule has 0 N–H and O–H groups in total. The Hall–Kier alpha value is -0.0500. The van der Waals surface area contributed by atoms with Gasteiger partial charge in [-0.15, -0.1) is 0 Å². The molecule has 0 atom stereocenters. The van der Waals surface area contributed by atoms with Gasteiger partial charge in [0.05, 0.1) is 0 Å². The van der Waals surface area contributed by atoms with Crippen LogP contribution in [0.2, 0.25) is 0 Å². The zero-order valence-corrected chi connectivity index (χ0v) is 13.3. The number of fused-ring (bicyclic) bond motifs is 1. The Morgan fingerprint density at radius 1 is 0.812 bits per heavy atom. The lowest BCUT2D eigenvalue weighted by Crippen LogP contribution is -2.42. The first-order valence-corrected chi connectivity index (χ1v) is 7.01. The Balaban J connectivity index is 2.79. The van der Waals surface area contributed by atoms with Crippen molar-refractivity contribution in [1.82, 2.24) is 0 Å². The van der Waals surface area contributed by atoms with Crippen molar-refractivity contribution in [1.29, 1.82) is 0 Å². The fourth-order valence-electron chi connectivity index (χ4n) is 3.03. The second-order valence-corrected chi connectivity index (χ2v) is 7.81. The summed E-state index contributed by atoms with van der Waals surface area (Å²) in [6, 6.07) is 6.93. The van der Waals surface area contributed by atoms with E-state index in [0.29, 0.717) is 0 Å². The third kappa shape index (κ3) is 1.27. The van der Waals surface area contributed by atoms with E-state index in [0.717, 1.165) is 0 Å². The quantitative estimate of drug-likeness (QED) is 0.595. The summed E-state index contributed by atoms with van der Waals surface area (Å²) in [4.78, 5) is 0. The first-order chi connectivity index (χ1) is 7.12. The van der Waals surface area contributed by atoms with Crippen LogP contribution in [0.1, 0.15) is 52.7 Å². The van der Waals surface area contributed by atoms with Crippen LogP contribution < -0.4 is 0 Å². The molecule has 0 amide bonds. The zero-order chi connectivity index (χ0) is 12.4. The maximum atomic E-state index is 2.41. The number of benzene rings is 1. The molecule has 0 radical (unpaired) electrons. The summed E-state index contributed by atoms with van der Waals surface area (Å²) in [6.07, 6.45) is 0. The van der Waals surface area contributed by atoms with Crippen LogP contribution in [0, 0.1) is 8.99 Å². The van der Waals surface area contributed by atoms with Gasteiger partial charge < -0.3 is 0 Å². The minimum Gasteiger partial charge on any atom is -0.0582 e. The lowest BCUT2D eigenvalue weighted by Gasteiger charge is -2.44. The third-order valence-corrected chi connectivity index (χ3v) is 6.12. The maximum Gasteiger partial charge on any atom is 0.0133 e. The maximum absolute atomic E-state index is 2.41. The minimum absolute atomic E-state index is 0.243. The lowest BCUT2D eigenvalue weighted by molar-refractivity contribution is 0.125. The van der Waals surface area contributed by atoms with Gasteiger partial charge in [-0.2, -0.15) is 0 Å². The van der Waals surface area contributed by atoms with Gasteiger partial charge in [-0.05, 0) is 62.1 Å². The number of halogens is 1. The molecule has 88 valence electrons. The average molecular weight is 328 g/mol. The van der Waals surface area contributed by atoms with E-state index in [-0.39, 0.29) is 16.2 Å². The van der Waals surface area contributed by atoms with Crippen LogP contribution in [0.25, 0.3) is 0 Å². The first kappa shape index (κ1) is 12.4. The number of hydrogen-bond acceptors (Lipinski definition) is 0. The molecule has 0 bridgehead atoms. The summed E-state index contributed by atoms with van der Waals surface area (Å²) >= 11 is 2.41. The average Bonchev–Trinajstić information content (AvgIpc) is 2.24. The fourth-order valence-corrected chi connectivity index (χ4v) is 3.52. The molecule has 16 heavy (non-hydrogen) atoms. The van der Waals surface area contributed by atoms with Crippen LogP contribution in [-0.2, 0) is 10.8 Å². The van der Waals surface area contributed by atoms with E-state index in [9.17, 15) is 0 Å². The van der Waals surface area contributed by atoms with Gasteiger partial charge in [0.2, 0.25) is 0 Å². The first-order valence-electron chi connectivity index (χ1n) is 5.93. The molecule has 2 rings (SSSR count). The van der Waals surface area contributed by atoms with Crippen LogP contribution in [0.5, 0.6) is 0 Å². The fraction of sp³-hybridized carbons (Fsp3) is 0.600. The van der Waals surface area contributed by atoms with Crippen LogP contribution in [0.15, 0.2) is 18.2 Å². The molecular weight excluding hydrogens is 307 g/mol. The van der Waals surface area contributed by atoms with E-state index >= 15 is 0 Å². The Morgan fingerprint density at radius 2 is 1.31 bits per heavy atom. The Kier molecular flexibility index (Phi) is 2.52. The van der Waals surface area contributed by atoms with E-state index in [1.165, 1.54) is 14.7 Å². The van der Waals surface area contributed by atoms with Gasteiger partial charge in [-0.25, -0.2) is 0 Å². The molecule has 0 aromatic heterocycles. The van der Waals surface area contributed by atoms with Crippen LogP contribution in [-0.4, -0.2) is 0 Å². The Labute approximate surface area is 113 Å². The van der Waals surface area contributed by atoms with Crippen molar-refractivity contribution in [2.24, 2.45) is 5.41 Å². The van der Waals surface area contributed by atoms with Crippen molar-refractivity contribution in [2.45, 2.75) is 52.4 Å². The Bertz CT molecular complexity index is 439. The summed E-state index contributed by atoms with van der Waals surface area (Å²) < 4.78 is 1.35. The molecule has 0 aliphatic heterocycles. The second-order valence-electron chi connectivity index (χ2n) is 6.56. The van der Waals surface area contributed by atoms with E-state index in [2.05, 4.69) is 82.3 Å². The summed E-state index contributed by atoms with van der Waals surface area (Å²) in [5, 5.41) is 0. The molecule has 1 heteroatoms. The summed E-state index contributed by atoms with van der Waals surface area (Å²) in [6.45, 7) is 14.3. The monoisotopic (exact) mass is 328 g/mol. The molecule has 0 unspecified atom stereocenters. The molecule has 1 aliphatic carbocycles. The van der Waals surface area contributed by atoms with Crippen molar-refractivity contribution < 1.29 is 0 Å². The smallest absolute Gasteiger partial charge is 0.0133 e. The highest BCUT2D eigenvalue weighted by Gasteiger charge is 2.56. The molecule has 0 spiro atoms. The van der Waals surface area contributed by atoms with Gasteiger partial charge in [0.1, 0.15) is 0 Å². The van der Waals surface area contributed by atoms with E-state index in [4.69, 9.17) is 0 Å². The SMILES string of the molecule is CC1(C)c2ccc(I)cc2C(C)(C)C1(C)C. The molecule has 0 saturated heterocycles. The standard InChI is InChI=1S/C15H21I/c1-13(2)11-8-7-10(16)9-12(11)14(3,4)15(13,5)6/h7-9H,1-6H3. The van der Waals surface area contributed by atoms with Gasteiger partial charge >= 0.3 is 0 Å². The molecule has 1 aliphatic rings. The molecule has 0 fully saturated rings. The van der Waals surface area contributed by atoms with Crippen LogP contribution in [0.4, 0.5) is 0 Å². The van der Waals surface area contributed by atoms with E-state index in [1.807, 2.05) is 0 Å². The largest absolute Gasteiger partial charge is 0.0582 e. The predicted octanol–water partition coefficient (Wildman–Crippen LogP) is 4.89. The molecule has 1 aromatic carbocycles. The lowest BCUT2D eigenvalue weighted by atomic mass is 9.59. The predicted molar refractivity (Wildman–Crippen MR) is 79.0 cm³/mol. The van der Waals surface area contributed by atoms with Crippen molar-refractivity contribution in [3.8, 4) is 0 Å². The molecule has 1 aromatic rings. The van der Waals surface area contributed by atoms with Gasteiger partial charge in [-0.1, -0.05) is 47.6 Å². The summed E-state index contributed by atoms with van der Waals surface area (Å²) in [7, 11) is 0. The summed E-state index contributed by atoms with van der Waals surface area (Å²) in [5.74, 6) is 0. The molecule has 0 nitrogen and oxygen atoms in total. The second kappa shape index (κ2) is 3.24. The van der Waals surface area contributed by atoms with Gasteiger partial charge in [0.25, 0.3) is 0 Å². The normalized spacial score (nSPS) is 24.2. The molecule has 0 heterocycles.